The van der Waals surface area contributed by atoms with Crippen molar-refractivity contribution in [1.29, 1.82) is 0 Å². The molecule has 1 amide bonds. The number of carbonyl (C=O) groups excluding carboxylic acids is 1. The predicted molar refractivity (Wildman–Crippen MR) is 112 cm³/mol. The molecule has 0 unspecified atom stereocenters. The van der Waals surface area contributed by atoms with Crippen molar-refractivity contribution in [2.24, 2.45) is 4.99 Å². The zero-order valence-corrected chi connectivity index (χ0v) is 17.4. The van der Waals surface area contributed by atoms with Crippen molar-refractivity contribution in [1.82, 2.24) is 20.0 Å². The van der Waals surface area contributed by atoms with Crippen LogP contribution in [0.1, 0.15) is 24.0 Å². The molecule has 0 aromatic heterocycles. The standard InChI is InChI=1S/C21H33N5O2/c1-17-12-18(14-19(13-17)28-3)15-23-21(22-2)26-10-8-24(9-11-26)16-20(27)25-6-4-5-7-25/h12-14H,4-11,15-16H2,1-3H3,(H,22,23). The van der Waals surface area contributed by atoms with E-state index in [0.717, 1.165) is 63.8 Å². The third-order valence-electron chi connectivity index (χ3n) is 5.50. The summed E-state index contributed by atoms with van der Waals surface area (Å²) in [5.74, 6) is 2.07. The Bertz CT molecular complexity index is 692. The van der Waals surface area contributed by atoms with Crippen LogP contribution >= 0.6 is 0 Å². The van der Waals surface area contributed by atoms with E-state index in [1.54, 1.807) is 7.11 Å². The smallest absolute Gasteiger partial charge is 0.236 e. The van der Waals surface area contributed by atoms with E-state index in [-0.39, 0.29) is 5.91 Å². The predicted octanol–water partition coefficient (Wildman–Crippen LogP) is 1.32. The van der Waals surface area contributed by atoms with Crippen LogP contribution in [0.25, 0.3) is 0 Å². The van der Waals surface area contributed by atoms with E-state index in [9.17, 15) is 4.79 Å². The van der Waals surface area contributed by atoms with Gasteiger partial charge in [0.1, 0.15) is 5.75 Å². The molecule has 7 nitrogen and oxygen atoms in total. The van der Waals surface area contributed by atoms with Crippen molar-refractivity contribution in [3.05, 3.63) is 29.3 Å². The van der Waals surface area contributed by atoms with Gasteiger partial charge in [0, 0.05) is 52.9 Å². The second kappa shape index (κ2) is 9.78. The number of nitrogens with one attached hydrogen (secondary N) is 1. The number of carbonyl (C=O) groups is 1. The summed E-state index contributed by atoms with van der Waals surface area (Å²) in [7, 11) is 3.52. The monoisotopic (exact) mass is 387 g/mol. The molecule has 1 N–H and O–H groups in total. The average Bonchev–Trinajstić information content (AvgIpc) is 3.24. The second-order valence-corrected chi connectivity index (χ2v) is 7.61. The van der Waals surface area contributed by atoms with Crippen LogP contribution in [0.15, 0.2) is 23.2 Å². The maximum atomic E-state index is 12.3. The van der Waals surface area contributed by atoms with Crippen LogP contribution in [-0.2, 0) is 11.3 Å². The molecule has 28 heavy (non-hydrogen) atoms. The lowest BCUT2D eigenvalue weighted by molar-refractivity contribution is -0.131. The van der Waals surface area contributed by atoms with Gasteiger partial charge in [0.2, 0.25) is 5.91 Å². The molecular formula is C21H33N5O2. The molecule has 0 saturated carbocycles. The first-order chi connectivity index (χ1) is 13.6. The summed E-state index contributed by atoms with van der Waals surface area (Å²) in [6, 6.07) is 6.24. The summed E-state index contributed by atoms with van der Waals surface area (Å²) in [4.78, 5) is 23.3. The zero-order valence-electron chi connectivity index (χ0n) is 17.4. The summed E-state index contributed by atoms with van der Waals surface area (Å²) in [6.07, 6.45) is 2.29. The summed E-state index contributed by atoms with van der Waals surface area (Å²) in [5.41, 5.74) is 2.36. The number of ether oxygens (including phenoxy) is 1. The van der Waals surface area contributed by atoms with E-state index in [2.05, 4.69) is 39.2 Å². The number of hydrogen-bond donors (Lipinski definition) is 1. The van der Waals surface area contributed by atoms with E-state index in [1.165, 1.54) is 11.1 Å². The lowest BCUT2D eigenvalue weighted by Crippen LogP contribution is -2.54. The van der Waals surface area contributed by atoms with Crippen LogP contribution < -0.4 is 10.1 Å². The highest BCUT2D eigenvalue weighted by molar-refractivity contribution is 5.80. The second-order valence-electron chi connectivity index (χ2n) is 7.61. The van der Waals surface area contributed by atoms with E-state index >= 15 is 0 Å². The van der Waals surface area contributed by atoms with Crippen molar-refractivity contribution in [3.63, 3.8) is 0 Å². The number of likely N-dealkylation sites (tertiary alicyclic amines) is 1. The van der Waals surface area contributed by atoms with E-state index in [4.69, 9.17) is 4.74 Å². The molecule has 1 aromatic carbocycles. The van der Waals surface area contributed by atoms with Gasteiger partial charge in [-0.3, -0.25) is 14.7 Å². The third kappa shape index (κ3) is 5.38. The number of amides is 1. The molecule has 0 bridgehead atoms. The molecule has 2 saturated heterocycles. The van der Waals surface area contributed by atoms with Crippen LogP contribution in [-0.4, -0.2) is 86.5 Å². The number of guanidine groups is 1. The number of aliphatic imine (C=N–C) groups is 1. The molecule has 1 aromatic rings. The molecule has 0 radical (unpaired) electrons. The Hall–Kier alpha value is -2.28. The third-order valence-corrected chi connectivity index (χ3v) is 5.50. The fourth-order valence-corrected chi connectivity index (χ4v) is 3.93. The van der Waals surface area contributed by atoms with Gasteiger partial charge in [0.05, 0.1) is 13.7 Å². The Kier molecular flexibility index (Phi) is 7.14. The van der Waals surface area contributed by atoms with Crippen LogP contribution in [0.3, 0.4) is 0 Å². The largest absolute Gasteiger partial charge is 0.497 e. The molecule has 0 atom stereocenters. The molecule has 2 heterocycles. The van der Waals surface area contributed by atoms with Gasteiger partial charge in [-0.25, -0.2) is 0 Å². The quantitative estimate of drug-likeness (QED) is 0.610. The molecule has 2 aliphatic heterocycles. The average molecular weight is 388 g/mol. The van der Waals surface area contributed by atoms with Crippen LogP contribution in [0.5, 0.6) is 5.75 Å². The molecule has 0 aliphatic carbocycles. The first-order valence-electron chi connectivity index (χ1n) is 10.2. The minimum absolute atomic E-state index is 0.279. The number of hydrogen-bond acceptors (Lipinski definition) is 4. The maximum absolute atomic E-state index is 12.3. The molecule has 0 spiro atoms. The lowest BCUT2D eigenvalue weighted by Gasteiger charge is -2.36. The topological polar surface area (TPSA) is 60.4 Å². The van der Waals surface area contributed by atoms with Gasteiger partial charge in [-0.2, -0.15) is 0 Å². The van der Waals surface area contributed by atoms with Gasteiger partial charge in [-0.15, -0.1) is 0 Å². The van der Waals surface area contributed by atoms with Crippen molar-refractivity contribution >= 4 is 11.9 Å². The lowest BCUT2D eigenvalue weighted by atomic mass is 10.1. The molecule has 2 aliphatic rings. The van der Waals surface area contributed by atoms with Crippen LogP contribution in [0, 0.1) is 6.92 Å². The first kappa shape index (κ1) is 20.5. The van der Waals surface area contributed by atoms with Gasteiger partial charge < -0.3 is 19.9 Å². The summed E-state index contributed by atoms with van der Waals surface area (Å²) < 4.78 is 5.36. The summed E-state index contributed by atoms with van der Waals surface area (Å²) in [6.45, 7) is 8.72. The molecule has 2 fully saturated rings. The SMILES string of the molecule is CN=C(NCc1cc(C)cc(OC)c1)N1CCN(CC(=O)N2CCCC2)CC1. The fraction of sp³-hybridized carbons (Fsp3) is 0.619. The highest BCUT2D eigenvalue weighted by Crippen LogP contribution is 2.16. The Balaban J connectivity index is 1.47. The van der Waals surface area contributed by atoms with Crippen molar-refractivity contribution in [2.45, 2.75) is 26.3 Å². The van der Waals surface area contributed by atoms with Crippen LogP contribution in [0.2, 0.25) is 0 Å². The van der Waals surface area contributed by atoms with E-state index in [0.29, 0.717) is 13.1 Å². The molecular weight excluding hydrogens is 354 g/mol. The summed E-state index contributed by atoms with van der Waals surface area (Å²) in [5, 5.41) is 3.46. The summed E-state index contributed by atoms with van der Waals surface area (Å²) >= 11 is 0. The number of rotatable bonds is 5. The van der Waals surface area contributed by atoms with Crippen molar-refractivity contribution < 1.29 is 9.53 Å². The van der Waals surface area contributed by atoms with Crippen molar-refractivity contribution in [3.8, 4) is 5.75 Å². The zero-order chi connectivity index (χ0) is 19.9. The van der Waals surface area contributed by atoms with Crippen molar-refractivity contribution in [2.75, 3.05) is 60.0 Å². The van der Waals surface area contributed by atoms with Gasteiger partial charge in [0.15, 0.2) is 5.96 Å². The maximum Gasteiger partial charge on any atom is 0.236 e. The minimum Gasteiger partial charge on any atom is -0.497 e. The number of methoxy groups -OCH3 is 1. The number of benzene rings is 1. The van der Waals surface area contributed by atoms with Crippen LogP contribution in [0.4, 0.5) is 0 Å². The minimum atomic E-state index is 0.279. The number of piperazine rings is 1. The van der Waals surface area contributed by atoms with Gasteiger partial charge in [-0.05, 0) is 43.0 Å². The number of nitrogens with zero attached hydrogens (tertiary/aromatic N) is 4. The van der Waals surface area contributed by atoms with Gasteiger partial charge >= 0.3 is 0 Å². The highest BCUT2D eigenvalue weighted by Gasteiger charge is 2.24. The molecule has 7 heteroatoms. The Labute approximate surface area is 168 Å². The van der Waals surface area contributed by atoms with E-state index < -0.39 is 0 Å². The molecule has 3 rings (SSSR count). The Morgan fingerprint density at radius 1 is 1.07 bits per heavy atom. The first-order valence-corrected chi connectivity index (χ1v) is 10.2. The Morgan fingerprint density at radius 2 is 1.79 bits per heavy atom. The Morgan fingerprint density at radius 3 is 2.43 bits per heavy atom. The molecule has 154 valence electrons. The fourth-order valence-electron chi connectivity index (χ4n) is 3.93. The van der Waals surface area contributed by atoms with Gasteiger partial charge in [-0.1, -0.05) is 6.07 Å². The van der Waals surface area contributed by atoms with Gasteiger partial charge in [0.25, 0.3) is 0 Å². The number of aryl methyl sites for hydroxylation is 1. The van der Waals surface area contributed by atoms with E-state index in [1.807, 2.05) is 18.0 Å². The highest BCUT2D eigenvalue weighted by atomic mass is 16.5. The normalized spacial score (nSPS) is 18.5.